The van der Waals surface area contributed by atoms with Crippen LogP contribution in [-0.4, -0.2) is 36.1 Å². The van der Waals surface area contributed by atoms with E-state index < -0.39 is 24.5 Å². The Balaban J connectivity index is 2.26. The molecule has 2 unspecified atom stereocenters. The van der Waals surface area contributed by atoms with Crippen LogP contribution in [0, 0.1) is 0 Å². The van der Waals surface area contributed by atoms with Gasteiger partial charge in [-0.25, -0.2) is 0 Å². The summed E-state index contributed by atoms with van der Waals surface area (Å²) < 4.78 is 37.8. The summed E-state index contributed by atoms with van der Waals surface area (Å²) in [5, 5.41) is 3.26. The van der Waals surface area contributed by atoms with Crippen molar-refractivity contribution in [2.45, 2.75) is 38.4 Å². The molecule has 0 fully saturated rings. The molecule has 1 aliphatic rings. The molecule has 2 atom stereocenters. The summed E-state index contributed by atoms with van der Waals surface area (Å²) in [5.74, 6) is -0.963. The standard InChI is InChI=1S/C15H19F3N2O/c1-3-20(9-15(16,17)18)14(21)12-8-10(2)19-13-7-5-4-6-11(12)13/h4-7,10,12,19H,3,8-9H2,1-2H3. The van der Waals surface area contributed by atoms with Crippen molar-refractivity contribution in [1.82, 2.24) is 4.90 Å². The van der Waals surface area contributed by atoms with Gasteiger partial charge in [-0.1, -0.05) is 18.2 Å². The monoisotopic (exact) mass is 300 g/mol. The minimum absolute atomic E-state index is 0.0541. The second-order valence-corrected chi connectivity index (χ2v) is 5.39. The highest BCUT2D eigenvalue weighted by Gasteiger charge is 2.37. The van der Waals surface area contributed by atoms with Gasteiger partial charge < -0.3 is 10.2 Å². The maximum atomic E-state index is 12.6. The normalized spacial score (nSPS) is 21.4. The number of carbonyl (C=O) groups is 1. The minimum Gasteiger partial charge on any atom is -0.382 e. The molecule has 0 aliphatic carbocycles. The molecule has 3 nitrogen and oxygen atoms in total. The van der Waals surface area contributed by atoms with E-state index in [4.69, 9.17) is 0 Å². The first kappa shape index (κ1) is 15.7. The largest absolute Gasteiger partial charge is 0.406 e. The van der Waals surface area contributed by atoms with Crippen LogP contribution < -0.4 is 5.32 Å². The van der Waals surface area contributed by atoms with Crippen molar-refractivity contribution in [3.8, 4) is 0 Å². The van der Waals surface area contributed by atoms with Crippen molar-refractivity contribution in [3.63, 3.8) is 0 Å². The van der Waals surface area contributed by atoms with Crippen molar-refractivity contribution in [1.29, 1.82) is 0 Å². The van der Waals surface area contributed by atoms with Crippen LogP contribution in [0.1, 0.15) is 31.7 Å². The number of nitrogens with one attached hydrogen (secondary N) is 1. The average Bonchev–Trinajstić information content (AvgIpc) is 2.42. The lowest BCUT2D eigenvalue weighted by molar-refractivity contribution is -0.161. The van der Waals surface area contributed by atoms with Gasteiger partial charge >= 0.3 is 6.18 Å². The summed E-state index contributed by atoms with van der Waals surface area (Å²) >= 11 is 0. The smallest absolute Gasteiger partial charge is 0.382 e. The van der Waals surface area contributed by atoms with E-state index in [9.17, 15) is 18.0 Å². The Morgan fingerprint density at radius 3 is 2.67 bits per heavy atom. The Labute approximate surface area is 122 Å². The van der Waals surface area contributed by atoms with Crippen molar-refractivity contribution < 1.29 is 18.0 Å². The molecule has 1 aliphatic heterocycles. The van der Waals surface area contributed by atoms with Gasteiger partial charge in [0, 0.05) is 18.3 Å². The quantitative estimate of drug-likeness (QED) is 0.928. The van der Waals surface area contributed by atoms with E-state index in [1.54, 1.807) is 19.1 Å². The topological polar surface area (TPSA) is 32.3 Å². The van der Waals surface area contributed by atoms with Gasteiger partial charge in [0.15, 0.2) is 0 Å². The van der Waals surface area contributed by atoms with Crippen LogP contribution in [0.2, 0.25) is 0 Å². The maximum Gasteiger partial charge on any atom is 0.406 e. The molecule has 1 aromatic rings. The van der Waals surface area contributed by atoms with Gasteiger partial charge in [0.25, 0.3) is 0 Å². The highest BCUT2D eigenvalue weighted by Crippen LogP contribution is 2.35. The Morgan fingerprint density at radius 2 is 2.05 bits per heavy atom. The minimum atomic E-state index is -4.37. The summed E-state index contributed by atoms with van der Waals surface area (Å²) in [6.45, 7) is 2.36. The summed E-state index contributed by atoms with van der Waals surface area (Å²) in [5.41, 5.74) is 1.61. The predicted molar refractivity (Wildman–Crippen MR) is 75.2 cm³/mol. The lowest BCUT2D eigenvalue weighted by Gasteiger charge is -2.34. The number of amides is 1. The Kier molecular flexibility index (Phi) is 4.44. The molecule has 2 rings (SSSR count). The average molecular weight is 300 g/mol. The highest BCUT2D eigenvalue weighted by atomic mass is 19.4. The van der Waals surface area contributed by atoms with E-state index in [1.807, 2.05) is 19.1 Å². The van der Waals surface area contributed by atoms with Crippen LogP contribution in [0.3, 0.4) is 0 Å². The zero-order chi connectivity index (χ0) is 15.6. The number of carbonyl (C=O) groups excluding carboxylic acids is 1. The van der Waals surface area contributed by atoms with Crippen LogP contribution >= 0.6 is 0 Å². The number of fused-ring (bicyclic) bond motifs is 1. The van der Waals surface area contributed by atoms with Gasteiger partial charge in [-0.05, 0) is 31.9 Å². The summed E-state index contributed by atoms with van der Waals surface area (Å²) in [6.07, 6.45) is -3.87. The Bertz CT molecular complexity index is 516. The van der Waals surface area contributed by atoms with Gasteiger partial charge in [0.2, 0.25) is 5.91 Å². The van der Waals surface area contributed by atoms with Gasteiger partial charge in [0.05, 0.1) is 5.92 Å². The number of para-hydroxylation sites is 1. The third kappa shape index (κ3) is 3.68. The Morgan fingerprint density at radius 1 is 1.38 bits per heavy atom. The van der Waals surface area contributed by atoms with Crippen LogP contribution in [0.5, 0.6) is 0 Å². The van der Waals surface area contributed by atoms with Crippen molar-refractivity contribution >= 4 is 11.6 Å². The number of alkyl halides is 3. The molecule has 1 amide bonds. The number of benzene rings is 1. The first-order chi connectivity index (χ1) is 9.81. The van der Waals surface area contributed by atoms with Gasteiger partial charge in [-0.3, -0.25) is 4.79 Å². The number of rotatable bonds is 3. The highest BCUT2D eigenvalue weighted by molar-refractivity contribution is 5.86. The number of nitrogens with zero attached hydrogens (tertiary/aromatic N) is 1. The number of halogens is 3. The molecule has 0 saturated carbocycles. The molecule has 1 aromatic carbocycles. The third-order valence-electron chi connectivity index (χ3n) is 3.69. The van der Waals surface area contributed by atoms with E-state index in [2.05, 4.69) is 5.32 Å². The van der Waals surface area contributed by atoms with Gasteiger partial charge in [-0.2, -0.15) is 13.2 Å². The molecule has 116 valence electrons. The first-order valence-electron chi connectivity index (χ1n) is 7.03. The molecule has 0 radical (unpaired) electrons. The molecule has 0 spiro atoms. The maximum absolute atomic E-state index is 12.6. The molecule has 0 aromatic heterocycles. The third-order valence-corrected chi connectivity index (χ3v) is 3.69. The molecule has 0 bridgehead atoms. The summed E-state index contributed by atoms with van der Waals surface area (Å²) in [7, 11) is 0. The van der Waals surface area contributed by atoms with Gasteiger partial charge in [0.1, 0.15) is 6.54 Å². The fourth-order valence-electron chi connectivity index (χ4n) is 2.75. The molecular weight excluding hydrogens is 281 g/mol. The van der Waals surface area contributed by atoms with E-state index >= 15 is 0 Å². The SMILES string of the molecule is CCN(CC(F)(F)F)C(=O)C1CC(C)Nc2ccccc21. The van der Waals surface area contributed by atoms with E-state index in [0.29, 0.717) is 6.42 Å². The van der Waals surface area contributed by atoms with Crippen LogP contribution in [0.25, 0.3) is 0 Å². The van der Waals surface area contributed by atoms with E-state index in [-0.39, 0.29) is 12.6 Å². The lowest BCUT2D eigenvalue weighted by Crippen LogP contribution is -2.43. The second-order valence-electron chi connectivity index (χ2n) is 5.39. The zero-order valence-corrected chi connectivity index (χ0v) is 12.1. The number of hydrogen-bond acceptors (Lipinski definition) is 2. The Hall–Kier alpha value is -1.72. The van der Waals surface area contributed by atoms with E-state index in [1.165, 1.54) is 0 Å². The number of hydrogen-bond donors (Lipinski definition) is 1. The fourth-order valence-corrected chi connectivity index (χ4v) is 2.75. The van der Waals surface area contributed by atoms with Crippen LogP contribution in [0.4, 0.5) is 18.9 Å². The summed E-state index contributed by atoms with van der Waals surface area (Å²) in [4.78, 5) is 13.4. The molecule has 1 heterocycles. The first-order valence-corrected chi connectivity index (χ1v) is 7.03. The molecule has 21 heavy (non-hydrogen) atoms. The molecule has 6 heteroatoms. The summed E-state index contributed by atoms with van der Waals surface area (Å²) in [6, 6.07) is 7.36. The molecule has 1 N–H and O–H groups in total. The van der Waals surface area contributed by atoms with Crippen molar-refractivity contribution in [2.75, 3.05) is 18.4 Å². The van der Waals surface area contributed by atoms with Gasteiger partial charge in [-0.15, -0.1) is 0 Å². The van der Waals surface area contributed by atoms with Crippen molar-refractivity contribution in [2.24, 2.45) is 0 Å². The predicted octanol–water partition coefficient (Wildman–Crippen LogP) is 3.39. The van der Waals surface area contributed by atoms with Crippen LogP contribution in [0.15, 0.2) is 24.3 Å². The van der Waals surface area contributed by atoms with Crippen molar-refractivity contribution in [3.05, 3.63) is 29.8 Å². The zero-order valence-electron chi connectivity index (χ0n) is 12.1. The van der Waals surface area contributed by atoms with Crippen LogP contribution in [-0.2, 0) is 4.79 Å². The molecule has 0 saturated heterocycles. The number of likely N-dealkylation sites (N-methyl/N-ethyl adjacent to an activating group) is 1. The fraction of sp³-hybridized carbons (Fsp3) is 0.533. The number of anilines is 1. The second kappa shape index (κ2) is 5.95. The molecular formula is C15H19F3N2O. The van der Waals surface area contributed by atoms with E-state index in [0.717, 1.165) is 16.2 Å². The lowest BCUT2D eigenvalue weighted by atomic mass is 9.86.